The van der Waals surface area contributed by atoms with Crippen LogP contribution in [0, 0.1) is 5.82 Å². The summed E-state index contributed by atoms with van der Waals surface area (Å²) >= 11 is -1.45. The number of allylic oxidation sites excluding steroid dienone is 1. The van der Waals surface area contributed by atoms with Gasteiger partial charge in [0.25, 0.3) is 0 Å². The number of hydrogen-bond donors (Lipinski definition) is 0. The van der Waals surface area contributed by atoms with Gasteiger partial charge in [0.05, 0.1) is 31.2 Å². The molecule has 0 aliphatic carbocycles. The summed E-state index contributed by atoms with van der Waals surface area (Å²) in [4.78, 5) is 5.75. The highest BCUT2D eigenvalue weighted by molar-refractivity contribution is 7.98. The first-order valence-electron chi connectivity index (χ1n) is 10.8. The average molecular weight is 568 g/mol. The maximum absolute atomic E-state index is 15.3. The SMILES string of the molecule is COc1cc(N2CCC3=C(CN(SC(F)(F)F)C(OSC(F)(F)F)=C3)C2C)cc(F)c1-c1ccncc1. The first kappa shape index (κ1) is 27.3. The number of hydrogen-bond acceptors (Lipinski definition) is 7. The third-order valence-corrected chi connectivity index (χ3v) is 7.04. The van der Waals surface area contributed by atoms with E-state index in [1.54, 1.807) is 25.1 Å². The molecule has 0 radical (unpaired) electrons. The fourth-order valence-corrected chi connectivity index (χ4v) is 5.31. The van der Waals surface area contributed by atoms with Crippen LogP contribution in [0.15, 0.2) is 59.8 Å². The second-order valence-corrected chi connectivity index (χ2v) is 9.96. The Labute approximate surface area is 216 Å². The van der Waals surface area contributed by atoms with E-state index in [0.717, 1.165) is 0 Å². The molecule has 200 valence electrons. The molecule has 0 fully saturated rings. The number of methoxy groups -OCH3 is 1. The van der Waals surface area contributed by atoms with Crippen LogP contribution in [-0.4, -0.2) is 46.5 Å². The minimum absolute atomic E-state index is 0.246. The van der Waals surface area contributed by atoms with E-state index in [1.807, 2.05) is 4.90 Å². The molecule has 2 aliphatic heterocycles. The van der Waals surface area contributed by atoms with E-state index in [2.05, 4.69) is 9.17 Å². The first-order chi connectivity index (χ1) is 17.4. The van der Waals surface area contributed by atoms with E-state index in [4.69, 9.17) is 4.74 Å². The van der Waals surface area contributed by atoms with Crippen molar-refractivity contribution in [3.8, 4) is 16.9 Å². The number of aromatic nitrogens is 1. The van der Waals surface area contributed by atoms with Gasteiger partial charge in [-0.25, -0.2) is 4.39 Å². The smallest absolute Gasteiger partial charge is 0.479 e. The Morgan fingerprint density at radius 1 is 1.05 bits per heavy atom. The van der Waals surface area contributed by atoms with Crippen LogP contribution < -0.4 is 9.64 Å². The number of nitrogens with zero attached hydrogens (tertiary/aromatic N) is 3. The van der Waals surface area contributed by atoms with Crippen LogP contribution in [0.5, 0.6) is 5.75 Å². The Morgan fingerprint density at radius 2 is 1.76 bits per heavy atom. The van der Waals surface area contributed by atoms with Crippen molar-refractivity contribution in [3.05, 3.63) is 65.6 Å². The van der Waals surface area contributed by atoms with Crippen molar-refractivity contribution in [3.63, 3.8) is 0 Å². The molecular formula is C23H20F7N3O2S2. The summed E-state index contributed by atoms with van der Waals surface area (Å²) in [6.07, 6.45) is 4.56. The predicted molar refractivity (Wildman–Crippen MR) is 128 cm³/mol. The van der Waals surface area contributed by atoms with Crippen LogP contribution in [0.25, 0.3) is 11.1 Å². The first-order valence-corrected chi connectivity index (χ1v) is 12.3. The minimum Gasteiger partial charge on any atom is -0.496 e. The standard InChI is InChI=1S/C23H20F7N3O2S2/c1-13-17-12-33(36-22(25,26)27)20(35-37-23(28,29)30)9-15(17)5-8-32(13)16-10-18(24)21(19(11-16)34-2)14-3-6-31-7-4-14/h3-4,6-7,9-11,13H,5,8,12H2,1-2H3. The highest BCUT2D eigenvalue weighted by Gasteiger charge is 2.40. The molecule has 1 unspecified atom stereocenters. The van der Waals surface area contributed by atoms with Gasteiger partial charge in [-0.05, 0) is 48.3 Å². The molecule has 14 heteroatoms. The molecule has 0 N–H and O–H groups in total. The summed E-state index contributed by atoms with van der Waals surface area (Å²) in [5.74, 6) is -0.825. The van der Waals surface area contributed by atoms with Crippen molar-refractivity contribution < 1.29 is 39.7 Å². The highest BCUT2D eigenvalue weighted by atomic mass is 32.2. The predicted octanol–water partition coefficient (Wildman–Crippen LogP) is 7.30. The van der Waals surface area contributed by atoms with E-state index in [9.17, 15) is 26.3 Å². The van der Waals surface area contributed by atoms with Crippen LogP contribution in [0.4, 0.5) is 36.4 Å². The second kappa shape index (κ2) is 10.6. The molecule has 1 aromatic heterocycles. The minimum atomic E-state index is -4.79. The molecule has 0 amide bonds. The zero-order valence-corrected chi connectivity index (χ0v) is 21.0. The Hall–Kier alpha value is -2.74. The summed E-state index contributed by atoms with van der Waals surface area (Å²) in [5.41, 5.74) is -7.12. The highest BCUT2D eigenvalue weighted by Crippen LogP contribution is 2.45. The molecule has 2 aliphatic rings. The fourth-order valence-electron chi connectivity index (χ4n) is 4.31. The van der Waals surface area contributed by atoms with Crippen LogP contribution >= 0.6 is 24.0 Å². The van der Waals surface area contributed by atoms with E-state index in [1.165, 1.54) is 31.6 Å². The zero-order chi connectivity index (χ0) is 27.0. The van der Waals surface area contributed by atoms with Gasteiger partial charge in [-0.15, -0.1) is 0 Å². The van der Waals surface area contributed by atoms with Crippen LogP contribution in [-0.2, 0) is 4.18 Å². The molecule has 5 nitrogen and oxygen atoms in total. The molecule has 2 aromatic rings. The van der Waals surface area contributed by atoms with Crippen molar-refractivity contribution in [2.75, 3.05) is 25.1 Å². The number of rotatable bonds is 6. The van der Waals surface area contributed by atoms with Crippen molar-refractivity contribution >= 4 is 29.7 Å². The summed E-state index contributed by atoms with van der Waals surface area (Å²) in [7, 11) is 1.40. The average Bonchev–Trinajstić information content (AvgIpc) is 2.82. The van der Waals surface area contributed by atoms with Gasteiger partial charge in [-0.2, -0.15) is 26.3 Å². The molecule has 1 aromatic carbocycles. The summed E-state index contributed by atoms with van der Waals surface area (Å²) in [5, 5.41) is 0. The number of benzene rings is 1. The lowest BCUT2D eigenvalue weighted by molar-refractivity contribution is -0.0396. The lowest BCUT2D eigenvalue weighted by Crippen LogP contribution is -2.44. The maximum atomic E-state index is 15.3. The summed E-state index contributed by atoms with van der Waals surface area (Å²) < 4.78 is 103. The Kier molecular flexibility index (Phi) is 7.79. The number of pyridine rings is 1. The lowest BCUT2D eigenvalue weighted by atomic mass is 9.91. The molecule has 0 saturated carbocycles. The number of alkyl halides is 6. The third-order valence-electron chi connectivity index (χ3n) is 5.86. The van der Waals surface area contributed by atoms with E-state index in [0.29, 0.717) is 39.7 Å². The molecule has 0 saturated heterocycles. The Bertz CT molecular complexity index is 1200. The molecule has 1 atom stereocenters. The quantitative estimate of drug-likeness (QED) is 0.206. The number of ether oxygens (including phenoxy) is 1. The van der Waals surface area contributed by atoms with E-state index < -0.39 is 52.7 Å². The maximum Gasteiger partial charge on any atom is 0.479 e. The van der Waals surface area contributed by atoms with Gasteiger partial charge in [-0.1, -0.05) is 0 Å². The molecule has 3 heterocycles. The monoisotopic (exact) mass is 567 g/mol. The van der Waals surface area contributed by atoms with Gasteiger partial charge in [0.15, 0.2) is 12.0 Å². The number of halogens is 7. The Morgan fingerprint density at radius 3 is 2.38 bits per heavy atom. The third kappa shape index (κ3) is 6.40. The second-order valence-electron chi connectivity index (χ2n) is 8.08. The lowest BCUT2D eigenvalue weighted by Gasteiger charge is -2.42. The molecule has 0 bridgehead atoms. The van der Waals surface area contributed by atoms with Gasteiger partial charge in [0.2, 0.25) is 5.88 Å². The molecule has 0 spiro atoms. The van der Waals surface area contributed by atoms with Crippen LogP contribution in [0.1, 0.15) is 13.3 Å². The molecule has 37 heavy (non-hydrogen) atoms. The van der Waals surface area contributed by atoms with Crippen LogP contribution in [0.3, 0.4) is 0 Å². The van der Waals surface area contributed by atoms with E-state index >= 15 is 4.39 Å². The van der Waals surface area contributed by atoms with Gasteiger partial charge in [0.1, 0.15) is 11.6 Å². The van der Waals surface area contributed by atoms with Crippen molar-refractivity contribution in [2.24, 2.45) is 0 Å². The van der Waals surface area contributed by atoms with Crippen molar-refractivity contribution in [2.45, 2.75) is 30.4 Å². The van der Waals surface area contributed by atoms with Gasteiger partial charge >= 0.3 is 11.0 Å². The van der Waals surface area contributed by atoms with Gasteiger partial charge in [0, 0.05) is 42.8 Å². The van der Waals surface area contributed by atoms with Crippen molar-refractivity contribution in [1.29, 1.82) is 0 Å². The Balaban J connectivity index is 1.65. The summed E-state index contributed by atoms with van der Waals surface area (Å²) in [6, 6.07) is 5.77. The number of anilines is 1. The fraction of sp³-hybridized carbons (Fsp3) is 0.348. The van der Waals surface area contributed by atoms with Gasteiger partial charge < -0.3 is 13.8 Å². The molecular weight excluding hydrogens is 547 g/mol. The van der Waals surface area contributed by atoms with E-state index in [-0.39, 0.29) is 17.9 Å². The molecule has 4 rings (SSSR count). The zero-order valence-electron chi connectivity index (χ0n) is 19.4. The van der Waals surface area contributed by atoms with Crippen LogP contribution in [0.2, 0.25) is 0 Å². The largest absolute Gasteiger partial charge is 0.496 e. The topological polar surface area (TPSA) is 37.8 Å². The normalized spacial score (nSPS) is 18.5. The summed E-state index contributed by atoms with van der Waals surface area (Å²) in [6.45, 7) is 1.77. The van der Waals surface area contributed by atoms with Gasteiger partial charge in [-0.3, -0.25) is 9.29 Å². The van der Waals surface area contributed by atoms with Crippen molar-refractivity contribution in [1.82, 2.24) is 9.29 Å².